The summed E-state index contributed by atoms with van der Waals surface area (Å²) in [5, 5.41) is 2.55. The molecule has 2 N–H and O–H groups in total. The van der Waals surface area contributed by atoms with Crippen LogP contribution in [0.3, 0.4) is 0 Å². The molecule has 1 fully saturated rings. The molecule has 6 nitrogen and oxygen atoms in total. The fourth-order valence-corrected chi connectivity index (χ4v) is 3.95. The summed E-state index contributed by atoms with van der Waals surface area (Å²) in [7, 11) is -1.91. The van der Waals surface area contributed by atoms with Gasteiger partial charge in [0.05, 0.1) is 0 Å². The summed E-state index contributed by atoms with van der Waals surface area (Å²) in [5.74, 6) is 0.205. The second-order valence-electron chi connectivity index (χ2n) is 5.71. The van der Waals surface area contributed by atoms with Crippen molar-refractivity contribution in [2.24, 2.45) is 5.92 Å². The summed E-state index contributed by atoms with van der Waals surface area (Å²) in [5.41, 5.74) is 1.28. The van der Waals surface area contributed by atoms with Gasteiger partial charge in [-0.15, -0.1) is 0 Å². The Kier molecular flexibility index (Phi) is 5.55. The van der Waals surface area contributed by atoms with Gasteiger partial charge in [0, 0.05) is 32.2 Å². The van der Waals surface area contributed by atoms with Gasteiger partial charge in [0.25, 0.3) is 16.1 Å². The number of rotatable bonds is 5. The fraction of sp³-hybridized carbons (Fsp3) is 0.533. The Balaban J connectivity index is 2.01. The van der Waals surface area contributed by atoms with Crippen LogP contribution in [0.1, 0.15) is 35.7 Å². The second kappa shape index (κ2) is 7.21. The molecule has 1 atom stereocenters. The minimum absolute atomic E-state index is 0.179. The molecule has 1 aromatic carbocycles. The fourth-order valence-electron chi connectivity index (χ4n) is 2.60. The molecule has 22 heavy (non-hydrogen) atoms. The summed E-state index contributed by atoms with van der Waals surface area (Å²) < 4.78 is 28.7. The second-order valence-corrected chi connectivity index (χ2v) is 7.47. The molecule has 1 aromatic rings. The van der Waals surface area contributed by atoms with Gasteiger partial charge in [0.15, 0.2) is 0 Å². The largest absolute Gasteiger partial charge is 0.355 e. The van der Waals surface area contributed by atoms with Gasteiger partial charge in [-0.2, -0.15) is 17.4 Å². The van der Waals surface area contributed by atoms with Crippen LogP contribution in [0.15, 0.2) is 24.3 Å². The lowest BCUT2D eigenvalue weighted by Gasteiger charge is -2.30. The van der Waals surface area contributed by atoms with Crippen LogP contribution in [0.25, 0.3) is 0 Å². The van der Waals surface area contributed by atoms with E-state index in [0.29, 0.717) is 24.6 Å². The van der Waals surface area contributed by atoms with E-state index in [-0.39, 0.29) is 12.5 Å². The van der Waals surface area contributed by atoms with Crippen LogP contribution in [0.5, 0.6) is 0 Å². The summed E-state index contributed by atoms with van der Waals surface area (Å²) in [6, 6.07) is 6.94. The minimum Gasteiger partial charge on any atom is -0.355 e. The van der Waals surface area contributed by atoms with Crippen molar-refractivity contribution < 1.29 is 13.2 Å². The Morgan fingerprint density at radius 1 is 1.41 bits per heavy atom. The molecular weight excluding hydrogens is 302 g/mol. The Morgan fingerprint density at radius 3 is 2.86 bits per heavy atom. The van der Waals surface area contributed by atoms with Crippen LogP contribution in [0.4, 0.5) is 0 Å². The molecule has 0 saturated carbocycles. The minimum atomic E-state index is -3.47. The van der Waals surface area contributed by atoms with E-state index in [9.17, 15) is 13.2 Å². The molecule has 1 heterocycles. The summed E-state index contributed by atoms with van der Waals surface area (Å²) in [4.78, 5) is 11.6. The number of amides is 1. The van der Waals surface area contributed by atoms with E-state index in [1.54, 1.807) is 31.3 Å². The summed E-state index contributed by atoms with van der Waals surface area (Å²) >= 11 is 0. The lowest BCUT2D eigenvalue weighted by atomic mass is 10.0. The molecule has 0 aromatic heterocycles. The van der Waals surface area contributed by atoms with Crippen LogP contribution in [0, 0.1) is 5.92 Å². The number of benzene rings is 1. The number of hydrogen-bond donors (Lipinski definition) is 2. The van der Waals surface area contributed by atoms with E-state index in [2.05, 4.69) is 17.0 Å². The average molecular weight is 325 g/mol. The van der Waals surface area contributed by atoms with Crippen molar-refractivity contribution in [2.45, 2.75) is 26.3 Å². The monoisotopic (exact) mass is 325 g/mol. The zero-order valence-corrected chi connectivity index (χ0v) is 13.8. The first-order valence-corrected chi connectivity index (χ1v) is 8.92. The van der Waals surface area contributed by atoms with Crippen molar-refractivity contribution in [2.75, 3.05) is 20.1 Å². The highest BCUT2D eigenvalue weighted by molar-refractivity contribution is 7.87. The van der Waals surface area contributed by atoms with E-state index in [4.69, 9.17) is 0 Å². The number of carbonyl (C=O) groups is 1. The molecule has 122 valence electrons. The van der Waals surface area contributed by atoms with Crippen molar-refractivity contribution in [3.63, 3.8) is 0 Å². The van der Waals surface area contributed by atoms with Crippen molar-refractivity contribution in [3.05, 3.63) is 35.4 Å². The quantitative estimate of drug-likeness (QED) is 0.851. The first-order valence-electron chi connectivity index (χ1n) is 7.48. The van der Waals surface area contributed by atoms with E-state index in [0.717, 1.165) is 18.4 Å². The molecule has 2 rings (SSSR count). The first-order chi connectivity index (χ1) is 10.4. The molecule has 1 aliphatic rings. The van der Waals surface area contributed by atoms with E-state index in [1.807, 2.05) is 0 Å². The van der Waals surface area contributed by atoms with Crippen molar-refractivity contribution >= 4 is 16.1 Å². The molecule has 0 spiro atoms. The summed E-state index contributed by atoms with van der Waals surface area (Å²) in [6.07, 6.45) is 1.97. The standard InChI is InChI=1S/C15H23N3O3S/c1-12-5-4-8-18(11-12)22(20,21)17-10-13-6-3-7-14(9-13)15(19)16-2/h3,6-7,9,12,17H,4-5,8,10-11H2,1-2H3,(H,16,19)/t12-/m1/s1. The van der Waals surface area contributed by atoms with Crippen LogP contribution in [0.2, 0.25) is 0 Å². The highest BCUT2D eigenvalue weighted by Crippen LogP contribution is 2.18. The number of piperidine rings is 1. The third-order valence-electron chi connectivity index (χ3n) is 3.83. The topological polar surface area (TPSA) is 78.5 Å². The zero-order chi connectivity index (χ0) is 16.2. The van der Waals surface area contributed by atoms with Gasteiger partial charge < -0.3 is 5.32 Å². The van der Waals surface area contributed by atoms with Gasteiger partial charge in [0.2, 0.25) is 0 Å². The third kappa shape index (κ3) is 4.28. The van der Waals surface area contributed by atoms with Crippen molar-refractivity contribution in [3.8, 4) is 0 Å². The lowest BCUT2D eigenvalue weighted by Crippen LogP contribution is -2.45. The predicted molar refractivity (Wildman–Crippen MR) is 85.6 cm³/mol. The highest BCUT2D eigenvalue weighted by atomic mass is 32.2. The maximum absolute atomic E-state index is 12.3. The Labute approximate surface area is 132 Å². The third-order valence-corrected chi connectivity index (χ3v) is 5.36. The SMILES string of the molecule is CNC(=O)c1cccc(CNS(=O)(=O)N2CCC[C@@H](C)C2)c1. The number of carbonyl (C=O) groups excluding carboxylic acids is 1. The normalized spacial score (nSPS) is 19.8. The Morgan fingerprint density at radius 2 is 2.18 bits per heavy atom. The van der Waals surface area contributed by atoms with Crippen LogP contribution in [-0.2, 0) is 16.8 Å². The smallest absolute Gasteiger partial charge is 0.279 e. The van der Waals surface area contributed by atoms with Gasteiger partial charge >= 0.3 is 0 Å². The molecule has 0 aliphatic carbocycles. The molecule has 1 saturated heterocycles. The zero-order valence-electron chi connectivity index (χ0n) is 13.0. The summed E-state index contributed by atoms with van der Waals surface area (Å²) in [6.45, 7) is 3.37. The van der Waals surface area contributed by atoms with E-state index >= 15 is 0 Å². The average Bonchev–Trinajstić information content (AvgIpc) is 2.52. The lowest BCUT2D eigenvalue weighted by molar-refractivity contribution is 0.0963. The van der Waals surface area contributed by atoms with Crippen LogP contribution >= 0.6 is 0 Å². The number of nitrogens with one attached hydrogen (secondary N) is 2. The van der Waals surface area contributed by atoms with Crippen molar-refractivity contribution in [1.82, 2.24) is 14.3 Å². The Bertz CT molecular complexity index is 631. The Hall–Kier alpha value is -1.44. The van der Waals surface area contributed by atoms with Gasteiger partial charge in [0.1, 0.15) is 0 Å². The van der Waals surface area contributed by atoms with E-state index < -0.39 is 10.2 Å². The van der Waals surface area contributed by atoms with E-state index in [1.165, 1.54) is 4.31 Å². The number of nitrogens with zero attached hydrogens (tertiary/aromatic N) is 1. The maximum Gasteiger partial charge on any atom is 0.279 e. The predicted octanol–water partition coefficient (Wildman–Crippen LogP) is 1.11. The molecule has 1 aliphatic heterocycles. The highest BCUT2D eigenvalue weighted by Gasteiger charge is 2.26. The number of hydrogen-bond acceptors (Lipinski definition) is 3. The van der Waals surface area contributed by atoms with Gasteiger partial charge in [-0.3, -0.25) is 4.79 Å². The maximum atomic E-state index is 12.3. The molecule has 0 bridgehead atoms. The molecule has 0 radical (unpaired) electrons. The van der Waals surface area contributed by atoms with Gasteiger partial charge in [-0.1, -0.05) is 19.1 Å². The van der Waals surface area contributed by atoms with Crippen molar-refractivity contribution in [1.29, 1.82) is 0 Å². The van der Waals surface area contributed by atoms with Crippen LogP contribution in [-0.4, -0.2) is 38.8 Å². The van der Waals surface area contributed by atoms with Gasteiger partial charge in [-0.05, 0) is 36.5 Å². The molecule has 7 heteroatoms. The first kappa shape index (κ1) is 16.9. The molecule has 1 amide bonds. The van der Waals surface area contributed by atoms with Gasteiger partial charge in [-0.25, -0.2) is 0 Å². The van der Waals surface area contributed by atoms with Crippen LogP contribution < -0.4 is 10.0 Å². The molecular formula is C15H23N3O3S. The molecule has 0 unspecified atom stereocenters.